The van der Waals surface area contributed by atoms with Crippen molar-refractivity contribution in [1.29, 1.82) is 0 Å². The first-order valence-corrected chi connectivity index (χ1v) is 4.40. The fourth-order valence-electron chi connectivity index (χ4n) is 1.07. The van der Waals surface area contributed by atoms with Gasteiger partial charge in [0, 0.05) is 0 Å². The SMILES string of the molecule is CC(C)(C)[C@H](N)c1ccc(CO)o1. The minimum absolute atomic E-state index is 0.0232. The van der Waals surface area contributed by atoms with Gasteiger partial charge in [0.2, 0.25) is 0 Å². The van der Waals surface area contributed by atoms with Crippen LogP contribution >= 0.6 is 0 Å². The fourth-order valence-corrected chi connectivity index (χ4v) is 1.07. The Kier molecular flexibility index (Phi) is 2.78. The second-order valence-electron chi connectivity index (χ2n) is 4.31. The third-order valence-corrected chi connectivity index (χ3v) is 2.08. The Bertz CT molecular complexity index is 273. The molecule has 0 radical (unpaired) electrons. The summed E-state index contributed by atoms with van der Waals surface area (Å²) >= 11 is 0. The van der Waals surface area contributed by atoms with E-state index in [1.807, 2.05) is 6.07 Å². The number of hydrogen-bond donors (Lipinski definition) is 2. The summed E-state index contributed by atoms with van der Waals surface area (Å²) in [5.74, 6) is 1.30. The minimum atomic E-state index is -0.132. The minimum Gasteiger partial charge on any atom is -0.462 e. The van der Waals surface area contributed by atoms with Crippen LogP contribution in [0.15, 0.2) is 16.5 Å². The van der Waals surface area contributed by atoms with Crippen LogP contribution in [0.4, 0.5) is 0 Å². The van der Waals surface area contributed by atoms with Crippen molar-refractivity contribution in [2.24, 2.45) is 11.1 Å². The highest BCUT2D eigenvalue weighted by Crippen LogP contribution is 2.31. The Balaban J connectivity index is 2.83. The lowest BCUT2D eigenvalue weighted by Crippen LogP contribution is -2.25. The van der Waals surface area contributed by atoms with Gasteiger partial charge >= 0.3 is 0 Å². The zero-order chi connectivity index (χ0) is 10.1. The van der Waals surface area contributed by atoms with Crippen LogP contribution in [0.1, 0.15) is 38.3 Å². The van der Waals surface area contributed by atoms with Gasteiger partial charge in [0.1, 0.15) is 18.1 Å². The molecule has 0 aliphatic carbocycles. The van der Waals surface area contributed by atoms with E-state index in [4.69, 9.17) is 15.3 Å². The molecule has 13 heavy (non-hydrogen) atoms. The number of rotatable bonds is 2. The molecule has 0 fully saturated rings. The van der Waals surface area contributed by atoms with E-state index in [0.717, 1.165) is 5.76 Å². The van der Waals surface area contributed by atoms with Gasteiger partial charge in [0.25, 0.3) is 0 Å². The molecule has 0 aliphatic rings. The lowest BCUT2D eigenvalue weighted by molar-refractivity contribution is 0.227. The van der Waals surface area contributed by atoms with Crippen molar-refractivity contribution in [3.8, 4) is 0 Å². The van der Waals surface area contributed by atoms with Crippen molar-refractivity contribution in [3.63, 3.8) is 0 Å². The van der Waals surface area contributed by atoms with Crippen molar-refractivity contribution in [2.45, 2.75) is 33.4 Å². The zero-order valence-corrected chi connectivity index (χ0v) is 8.37. The smallest absolute Gasteiger partial charge is 0.129 e. The second-order valence-corrected chi connectivity index (χ2v) is 4.31. The van der Waals surface area contributed by atoms with Crippen molar-refractivity contribution in [1.82, 2.24) is 0 Å². The molecule has 3 N–H and O–H groups in total. The topological polar surface area (TPSA) is 59.4 Å². The summed E-state index contributed by atoms with van der Waals surface area (Å²) in [6.07, 6.45) is 0. The maximum absolute atomic E-state index is 8.80. The summed E-state index contributed by atoms with van der Waals surface area (Å²) in [5.41, 5.74) is 5.94. The average Bonchev–Trinajstić information content (AvgIpc) is 2.48. The van der Waals surface area contributed by atoms with Gasteiger partial charge in [0.15, 0.2) is 0 Å². The number of hydrogen-bond acceptors (Lipinski definition) is 3. The first-order chi connectivity index (χ1) is 5.95. The first kappa shape index (κ1) is 10.3. The molecule has 0 amide bonds. The normalized spacial score (nSPS) is 14.5. The summed E-state index contributed by atoms with van der Waals surface area (Å²) in [7, 11) is 0. The summed E-state index contributed by atoms with van der Waals surface area (Å²) in [4.78, 5) is 0. The van der Waals surface area contributed by atoms with Gasteiger partial charge < -0.3 is 15.3 Å². The standard InChI is InChI=1S/C10H17NO2/c1-10(2,3)9(11)8-5-4-7(6-12)13-8/h4-5,9,12H,6,11H2,1-3H3/t9-/m1/s1. The number of furan rings is 1. The molecule has 1 atom stereocenters. The molecule has 74 valence electrons. The van der Waals surface area contributed by atoms with Crippen molar-refractivity contribution < 1.29 is 9.52 Å². The van der Waals surface area contributed by atoms with Crippen LogP contribution in [-0.4, -0.2) is 5.11 Å². The molecular formula is C10H17NO2. The highest BCUT2D eigenvalue weighted by molar-refractivity contribution is 5.11. The number of aliphatic hydroxyl groups is 1. The van der Waals surface area contributed by atoms with Gasteiger partial charge in [-0.15, -0.1) is 0 Å². The molecule has 0 bridgehead atoms. The fraction of sp³-hybridized carbons (Fsp3) is 0.600. The lowest BCUT2D eigenvalue weighted by atomic mass is 9.86. The number of aliphatic hydroxyl groups excluding tert-OH is 1. The van der Waals surface area contributed by atoms with E-state index in [2.05, 4.69) is 20.8 Å². The molecule has 0 saturated carbocycles. The Morgan fingerprint density at radius 3 is 2.46 bits per heavy atom. The van der Waals surface area contributed by atoms with E-state index in [0.29, 0.717) is 5.76 Å². The van der Waals surface area contributed by atoms with E-state index < -0.39 is 0 Å². The first-order valence-electron chi connectivity index (χ1n) is 4.40. The third kappa shape index (κ3) is 2.32. The van der Waals surface area contributed by atoms with Crippen LogP contribution in [-0.2, 0) is 6.61 Å². The van der Waals surface area contributed by atoms with Crippen molar-refractivity contribution >= 4 is 0 Å². The molecule has 0 aliphatic heterocycles. The molecule has 0 spiro atoms. The van der Waals surface area contributed by atoms with E-state index in [9.17, 15) is 0 Å². The van der Waals surface area contributed by atoms with Crippen LogP contribution in [0.5, 0.6) is 0 Å². The molecule has 0 saturated heterocycles. The van der Waals surface area contributed by atoms with E-state index >= 15 is 0 Å². The molecule has 1 aromatic heterocycles. The predicted octanol–water partition coefficient (Wildman–Crippen LogP) is 1.82. The van der Waals surface area contributed by atoms with Gasteiger partial charge in [-0.2, -0.15) is 0 Å². The Labute approximate surface area is 78.5 Å². The zero-order valence-electron chi connectivity index (χ0n) is 8.37. The highest BCUT2D eigenvalue weighted by atomic mass is 16.4. The van der Waals surface area contributed by atoms with Gasteiger partial charge in [-0.3, -0.25) is 0 Å². The summed E-state index contributed by atoms with van der Waals surface area (Å²) in [6, 6.07) is 3.44. The van der Waals surface area contributed by atoms with Gasteiger partial charge in [0.05, 0.1) is 6.04 Å². The quantitative estimate of drug-likeness (QED) is 0.735. The molecule has 3 heteroatoms. The highest BCUT2D eigenvalue weighted by Gasteiger charge is 2.24. The molecule has 3 nitrogen and oxygen atoms in total. The molecule has 1 aromatic rings. The van der Waals surface area contributed by atoms with E-state index in [-0.39, 0.29) is 18.1 Å². The van der Waals surface area contributed by atoms with Crippen LogP contribution < -0.4 is 5.73 Å². The predicted molar refractivity (Wildman–Crippen MR) is 51.0 cm³/mol. The molecule has 1 heterocycles. The van der Waals surface area contributed by atoms with Crippen molar-refractivity contribution in [2.75, 3.05) is 0 Å². The second kappa shape index (κ2) is 3.52. The monoisotopic (exact) mass is 183 g/mol. The van der Waals surface area contributed by atoms with Crippen LogP contribution in [0, 0.1) is 5.41 Å². The largest absolute Gasteiger partial charge is 0.462 e. The maximum Gasteiger partial charge on any atom is 0.129 e. The Hall–Kier alpha value is -0.800. The van der Waals surface area contributed by atoms with Gasteiger partial charge in [-0.1, -0.05) is 20.8 Å². The summed E-state index contributed by atoms with van der Waals surface area (Å²) in [6.45, 7) is 6.09. The third-order valence-electron chi connectivity index (χ3n) is 2.08. The van der Waals surface area contributed by atoms with E-state index in [1.165, 1.54) is 0 Å². The molecular weight excluding hydrogens is 166 g/mol. The van der Waals surface area contributed by atoms with Crippen LogP contribution in [0.3, 0.4) is 0 Å². The summed E-state index contributed by atoms with van der Waals surface area (Å²) < 4.78 is 5.35. The van der Waals surface area contributed by atoms with Crippen LogP contribution in [0.2, 0.25) is 0 Å². The Morgan fingerprint density at radius 1 is 1.46 bits per heavy atom. The molecule has 1 rings (SSSR count). The Morgan fingerprint density at radius 2 is 2.08 bits per heavy atom. The maximum atomic E-state index is 8.80. The van der Waals surface area contributed by atoms with Crippen LogP contribution in [0.25, 0.3) is 0 Å². The number of nitrogens with two attached hydrogens (primary N) is 1. The van der Waals surface area contributed by atoms with Crippen molar-refractivity contribution in [3.05, 3.63) is 23.7 Å². The summed E-state index contributed by atoms with van der Waals surface area (Å²) in [5, 5.41) is 8.80. The van der Waals surface area contributed by atoms with Gasteiger partial charge in [-0.25, -0.2) is 0 Å². The van der Waals surface area contributed by atoms with Gasteiger partial charge in [-0.05, 0) is 17.5 Å². The lowest BCUT2D eigenvalue weighted by Gasteiger charge is -2.24. The van der Waals surface area contributed by atoms with E-state index in [1.54, 1.807) is 6.07 Å². The molecule has 0 unspecified atom stereocenters. The average molecular weight is 183 g/mol. The molecule has 0 aromatic carbocycles.